The van der Waals surface area contributed by atoms with Gasteiger partial charge in [-0.1, -0.05) is 29.7 Å². The first-order chi connectivity index (χ1) is 20.7. The number of carboxylic acids is 2. The third-order valence-corrected chi connectivity index (χ3v) is 7.31. The maximum absolute atomic E-state index is 13.3. The molecule has 6 rings (SSSR count). The highest BCUT2D eigenvalue weighted by Crippen LogP contribution is 2.32. The number of hydrogen-bond acceptors (Lipinski definition) is 10. The quantitative estimate of drug-likeness (QED) is 0.184. The number of aromatic hydroxyl groups is 2. The summed E-state index contributed by atoms with van der Waals surface area (Å²) in [4.78, 5) is 40.4. The van der Waals surface area contributed by atoms with Crippen molar-refractivity contribution in [1.82, 2.24) is 35.0 Å². The number of ketones is 1. The molecule has 14 nitrogen and oxygen atoms in total. The Hall–Kier alpha value is -5.92. The molecule has 5 aromatic rings. The maximum atomic E-state index is 13.3. The fourth-order valence-electron chi connectivity index (χ4n) is 4.73. The van der Waals surface area contributed by atoms with Crippen LogP contribution in [0, 0.1) is 5.92 Å². The first-order valence-corrected chi connectivity index (χ1v) is 13.2. The Labute approximate surface area is 242 Å². The van der Waals surface area contributed by atoms with E-state index >= 15 is 0 Å². The van der Waals surface area contributed by atoms with Gasteiger partial charge in [0.15, 0.2) is 5.78 Å². The molecule has 1 aliphatic carbocycles. The van der Waals surface area contributed by atoms with Crippen LogP contribution in [0.2, 0.25) is 0 Å². The summed E-state index contributed by atoms with van der Waals surface area (Å²) < 4.78 is 2.68. The van der Waals surface area contributed by atoms with Crippen LogP contribution in [0.15, 0.2) is 60.9 Å². The van der Waals surface area contributed by atoms with Crippen molar-refractivity contribution in [3.05, 3.63) is 77.6 Å². The Kier molecular flexibility index (Phi) is 6.85. The lowest BCUT2D eigenvalue weighted by molar-refractivity contribution is 0.0682. The molecule has 0 unspecified atom stereocenters. The van der Waals surface area contributed by atoms with E-state index in [1.165, 1.54) is 58.2 Å². The Morgan fingerprint density at radius 3 is 1.60 bits per heavy atom. The molecule has 14 heteroatoms. The Bertz CT molecular complexity index is 1790. The zero-order valence-electron chi connectivity index (χ0n) is 22.3. The molecular formula is C29H23N7O7. The van der Waals surface area contributed by atoms with Crippen molar-refractivity contribution in [2.24, 2.45) is 5.92 Å². The number of Topliss-reactive ketones (excluding diaryl/α,β-unsaturated/α-hetero) is 1. The van der Waals surface area contributed by atoms with Crippen LogP contribution < -0.4 is 0 Å². The lowest BCUT2D eigenvalue weighted by Crippen LogP contribution is -2.16. The second-order valence-electron chi connectivity index (χ2n) is 10.2. The molecular weight excluding hydrogens is 558 g/mol. The summed E-state index contributed by atoms with van der Waals surface area (Å²) >= 11 is 0. The maximum Gasteiger partial charge on any atom is 0.339 e. The van der Waals surface area contributed by atoms with E-state index in [2.05, 4.69) is 25.6 Å². The topological polar surface area (TPSA) is 206 Å². The van der Waals surface area contributed by atoms with E-state index in [4.69, 9.17) is 0 Å². The number of aromatic nitrogens is 7. The van der Waals surface area contributed by atoms with E-state index in [-0.39, 0.29) is 16.9 Å². The Morgan fingerprint density at radius 2 is 1.21 bits per heavy atom. The van der Waals surface area contributed by atoms with Crippen molar-refractivity contribution in [2.75, 3.05) is 0 Å². The van der Waals surface area contributed by atoms with Crippen molar-refractivity contribution in [1.29, 1.82) is 0 Å². The third kappa shape index (κ3) is 5.40. The van der Waals surface area contributed by atoms with Gasteiger partial charge in [-0.15, -0.1) is 10.2 Å². The van der Waals surface area contributed by atoms with Crippen molar-refractivity contribution in [3.8, 4) is 45.6 Å². The molecule has 0 saturated heterocycles. The molecule has 3 aromatic heterocycles. The minimum absolute atomic E-state index is 0.0576. The van der Waals surface area contributed by atoms with Crippen LogP contribution in [0.5, 0.6) is 11.5 Å². The summed E-state index contributed by atoms with van der Waals surface area (Å²) in [7, 11) is 0. The molecule has 0 aliphatic heterocycles. The summed E-state index contributed by atoms with van der Waals surface area (Å²) in [5.74, 6) is -3.13. The largest absolute Gasteiger partial charge is 0.507 e. The Morgan fingerprint density at radius 1 is 0.721 bits per heavy atom. The number of carboxylic acid groups (broad SMARTS) is 2. The lowest BCUT2D eigenvalue weighted by atomic mass is 9.81. The van der Waals surface area contributed by atoms with Gasteiger partial charge in [0.05, 0.1) is 35.2 Å². The molecule has 0 spiro atoms. The van der Waals surface area contributed by atoms with Crippen LogP contribution in [0.3, 0.4) is 0 Å². The molecule has 0 atom stereocenters. The van der Waals surface area contributed by atoms with E-state index in [1.807, 2.05) is 0 Å². The molecule has 0 radical (unpaired) electrons. The number of aromatic carboxylic acids is 2. The number of rotatable bonds is 9. The summed E-state index contributed by atoms with van der Waals surface area (Å²) in [6.07, 6.45) is 6.56. The number of benzene rings is 2. The van der Waals surface area contributed by atoms with Crippen molar-refractivity contribution in [3.63, 3.8) is 0 Å². The van der Waals surface area contributed by atoms with Gasteiger partial charge in [-0.25, -0.2) is 23.9 Å². The highest BCUT2D eigenvalue weighted by atomic mass is 16.4. The van der Waals surface area contributed by atoms with Gasteiger partial charge in [-0.05, 0) is 42.3 Å². The van der Waals surface area contributed by atoms with E-state index in [9.17, 15) is 34.8 Å². The van der Waals surface area contributed by atoms with Crippen molar-refractivity contribution in [2.45, 2.75) is 25.7 Å². The molecule has 0 bridgehead atoms. The van der Waals surface area contributed by atoms with Crippen LogP contribution in [-0.2, 0) is 0 Å². The van der Waals surface area contributed by atoms with E-state index in [0.29, 0.717) is 52.1 Å². The minimum atomic E-state index is -1.27. The predicted molar refractivity (Wildman–Crippen MR) is 148 cm³/mol. The first-order valence-electron chi connectivity index (χ1n) is 13.2. The lowest BCUT2D eigenvalue weighted by Gasteiger charge is -2.24. The molecule has 43 heavy (non-hydrogen) atoms. The standard InChI is InChI=1S/C29H23N7O7/c37-25(8-15-2-1-3-15)16-9-21(23-13-35(33-31-23)17-4-6-19(28(40)41)26(38)11-17)30-22(10-16)24-14-36(34-32-24)18-5-7-20(29(42)43)27(39)12-18/h4-7,9-15,38-39H,1-3,8H2,(H,40,41)(H,42,43). The Balaban J connectivity index is 1.37. The van der Waals surface area contributed by atoms with Crippen LogP contribution in [0.4, 0.5) is 0 Å². The average Bonchev–Trinajstić information content (AvgIpc) is 3.65. The normalized spacial score (nSPS) is 13.0. The van der Waals surface area contributed by atoms with Gasteiger partial charge in [0, 0.05) is 24.1 Å². The molecule has 1 aliphatic rings. The fourth-order valence-corrected chi connectivity index (χ4v) is 4.73. The second kappa shape index (κ2) is 10.8. The van der Waals surface area contributed by atoms with Crippen LogP contribution >= 0.6 is 0 Å². The number of hydrogen-bond donors (Lipinski definition) is 4. The molecule has 216 valence electrons. The molecule has 4 N–H and O–H groups in total. The van der Waals surface area contributed by atoms with E-state index < -0.39 is 23.4 Å². The molecule has 2 aromatic carbocycles. The van der Waals surface area contributed by atoms with E-state index in [0.717, 1.165) is 19.3 Å². The molecule has 1 saturated carbocycles. The average molecular weight is 582 g/mol. The summed E-state index contributed by atoms with van der Waals surface area (Å²) in [5.41, 5.74) is 1.88. The number of carbonyl (C=O) groups is 3. The van der Waals surface area contributed by atoms with Gasteiger partial charge < -0.3 is 20.4 Å². The third-order valence-electron chi connectivity index (χ3n) is 7.31. The molecule has 3 heterocycles. The van der Waals surface area contributed by atoms with Gasteiger partial charge in [-0.3, -0.25) is 4.79 Å². The number of phenols is 2. The summed E-state index contributed by atoms with van der Waals surface area (Å²) in [5, 5.41) is 55.1. The molecule has 1 fully saturated rings. The smallest absolute Gasteiger partial charge is 0.339 e. The summed E-state index contributed by atoms with van der Waals surface area (Å²) in [6.45, 7) is 0. The van der Waals surface area contributed by atoms with Crippen molar-refractivity contribution >= 4 is 17.7 Å². The predicted octanol–water partition coefficient (Wildman–Crippen LogP) is 3.76. The number of nitrogens with zero attached hydrogens (tertiary/aromatic N) is 7. The van der Waals surface area contributed by atoms with Gasteiger partial charge in [0.25, 0.3) is 0 Å². The van der Waals surface area contributed by atoms with Crippen molar-refractivity contribution < 1.29 is 34.8 Å². The first kappa shape index (κ1) is 27.3. The highest BCUT2D eigenvalue weighted by molar-refractivity contribution is 5.98. The number of pyridine rings is 1. The van der Waals surface area contributed by atoms with Gasteiger partial charge in [0.1, 0.15) is 34.0 Å². The highest BCUT2D eigenvalue weighted by Gasteiger charge is 2.23. The molecule has 0 amide bonds. The van der Waals surface area contributed by atoms with Crippen LogP contribution in [0.25, 0.3) is 34.2 Å². The minimum Gasteiger partial charge on any atom is -0.507 e. The zero-order valence-corrected chi connectivity index (χ0v) is 22.3. The zero-order chi connectivity index (χ0) is 30.2. The summed E-state index contributed by atoms with van der Waals surface area (Å²) in [6, 6.07) is 11.2. The fraction of sp³-hybridized carbons (Fsp3) is 0.172. The number of carbonyl (C=O) groups excluding carboxylic acids is 1. The van der Waals surface area contributed by atoms with E-state index in [1.54, 1.807) is 12.1 Å². The monoisotopic (exact) mass is 581 g/mol. The van der Waals surface area contributed by atoms with Gasteiger partial charge >= 0.3 is 11.9 Å². The SMILES string of the molecule is O=C(CC1CCC1)c1cc(-c2cn(-c3ccc(C(=O)O)c(O)c3)nn2)nc(-c2cn(-c3ccc(C(=O)O)c(O)c3)nn2)c1. The second-order valence-corrected chi connectivity index (χ2v) is 10.2. The van der Waals surface area contributed by atoms with Gasteiger partial charge in [-0.2, -0.15) is 0 Å². The van der Waals surface area contributed by atoms with Crippen LogP contribution in [-0.4, -0.2) is 73.1 Å². The van der Waals surface area contributed by atoms with Gasteiger partial charge in [0.2, 0.25) is 0 Å². The van der Waals surface area contributed by atoms with Crippen LogP contribution in [0.1, 0.15) is 56.8 Å².